The van der Waals surface area contributed by atoms with Gasteiger partial charge in [0.05, 0.1) is 38.0 Å². The summed E-state index contributed by atoms with van der Waals surface area (Å²) in [7, 11) is 1.60. The number of aryl methyl sites for hydroxylation is 1. The van der Waals surface area contributed by atoms with E-state index in [1.807, 2.05) is 61.5 Å². The summed E-state index contributed by atoms with van der Waals surface area (Å²) < 4.78 is 24.3. The van der Waals surface area contributed by atoms with Gasteiger partial charge in [-0.15, -0.1) is 0 Å². The number of carbonyl (C=O) groups is 2. The summed E-state index contributed by atoms with van der Waals surface area (Å²) in [6.07, 6.45) is 1.31. The Labute approximate surface area is 254 Å². The molecule has 2 aliphatic rings. The van der Waals surface area contributed by atoms with Gasteiger partial charge in [0.1, 0.15) is 12.1 Å². The number of nitrogens with zero attached hydrogens (tertiary/aromatic N) is 2. The highest BCUT2D eigenvalue weighted by atomic mass is 16.5. The number of hydrogen-bond acceptors (Lipinski definition) is 7. The number of benzene rings is 2. The average Bonchev–Trinajstić information content (AvgIpc) is 3.35. The summed E-state index contributed by atoms with van der Waals surface area (Å²) in [5, 5.41) is 0.979. The van der Waals surface area contributed by atoms with Crippen LogP contribution in [0.5, 0.6) is 5.88 Å². The quantitative estimate of drug-likeness (QED) is 0.290. The van der Waals surface area contributed by atoms with E-state index in [1.54, 1.807) is 18.9 Å². The van der Waals surface area contributed by atoms with Crippen LogP contribution < -0.4 is 4.74 Å². The third-order valence-corrected chi connectivity index (χ3v) is 8.74. The number of fused-ring (bicyclic) bond motifs is 1. The Hall–Kier alpha value is -3.49. The Morgan fingerprint density at radius 1 is 1.07 bits per heavy atom. The van der Waals surface area contributed by atoms with Gasteiger partial charge >= 0.3 is 5.97 Å². The van der Waals surface area contributed by atoms with E-state index >= 15 is 0 Å². The number of rotatable bonds is 8. The van der Waals surface area contributed by atoms with Gasteiger partial charge in [-0.3, -0.25) is 4.79 Å². The van der Waals surface area contributed by atoms with Gasteiger partial charge in [0.2, 0.25) is 5.88 Å². The molecule has 43 heavy (non-hydrogen) atoms. The highest BCUT2D eigenvalue weighted by molar-refractivity contribution is 5.89. The molecule has 3 aromatic rings. The third kappa shape index (κ3) is 6.27. The molecule has 0 unspecified atom stereocenters. The number of aromatic nitrogens is 1. The highest BCUT2D eigenvalue weighted by Crippen LogP contribution is 2.51. The Balaban J connectivity index is 1.64. The van der Waals surface area contributed by atoms with Crippen LogP contribution in [-0.4, -0.2) is 60.3 Å². The van der Waals surface area contributed by atoms with Crippen LogP contribution in [-0.2, 0) is 30.4 Å². The molecule has 0 saturated carbocycles. The van der Waals surface area contributed by atoms with Crippen LogP contribution in [0.15, 0.2) is 54.6 Å². The molecule has 2 saturated heterocycles. The van der Waals surface area contributed by atoms with E-state index in [4.69, 9.17) is 23.9 Å². The molecule has 0 radical (unpaired) electrons. The lowest BCUT2D eigenvalue weighted by Crippen LogP contribution is -2.51. The molecular formula is C35H44N2O6. The van der Waals surface area contributed by atoms with Gasteiger partial charge in [-0.2, -0.15) is 0 Å². The molecule has 0 bridgehead atoms. The first-order chi connectivity index (χ1) is 20.7. The van der Waals surface area contributed by atoms with Gasteiger partial charge in [0.15, 0.2) is 0 Å². The van der Waals surface area contributed by atoms with Crippen molar-refractivity contribution in [3.63, 3.8) is 0 Å². The molecule has 2 fully saturated rings. The van der Waals surface area contributed by atoms with Gasteiger partial charge in [0.25, 0.3) is 5.91 Å². The Morgan fingerprint density at radius 3 is 2.49 bits per heavy atom. The summed E-state index contributed by atoms with van der Waals surface area (Å²) in [5.74, 6) is -0.484. The molecular weight excluding hydrogens is 544 g/mol. The lowest BCUT2D eigenvalue weighted by atomic mass is 9.73. The number of carbonyl (C=O) groups excluding carboxylic acids is 2. The number of para-hydroxylation sites is 1. The first kappa shape index (κ1) is 31.0. The predicted molar refractivity (Wildman–Crippen MR) is 165 cm³/mol. The van der Waals surface area contributed by atoms with E-state index in [1.165, 1.54) is 0 Å². The molecule has 1 aromatic heterocycles. The molecule has 2 aliphatic heterocycles. The summed E-state index contributed by atoms with van der Waals surface area (Å²) in [5.41, 5.74) is 3.18. The zero-order valence-electron chi connectivity index (χ0n) is 26.2. The maximum atomic E-state index is 14.5. The standard InChI is InChI=1S/C35H44N2O6/c1-7-41-34(39)30-28(35(3,4)5)31(43-21-24-20-23-15-9-11-17-26(23)36-32(24)40-6)29(25-16-10-8-14-22(25)2)37(30)33(38)27-18-12-13-19-42-27/h8-11,14-17,20,27-31H,7,12-13,18-19,21H2,1-6H3/t27-,28+,29-,30-,31-/m0/s1. The summed E-state index contributed by atoms with van der Waals surface area (Å²) in [4.78, 5) is 34.8. The lowest BCUT2D eigenvalue weighted by molar-refractivity contribution is -0.162. The summed E-state index contributed by atoms with van der Waals surface area (Å²) >= 11 is 0. The van der Waals surface area contributed by atoms with Crippen LogP contribution in [0.25, 0.3) is 10.9 Å². The van der Waals surface area contributed by atoms with Crippen molar-refractivity contribution in [1.29, 1.82) is 0 Å². The van der Waals surface area contributed by atoms with E-state index in [0.29, 0.717) is 18.9 Å². The van der Waals surface area contributed by atoms with Crippen molar-refractivity contribution >= 4 is 22.8 Å². The fraction of sp³-hybridized carbons (Fsp3) is 0.514. The molecule has 5 atom stereocenters. The average molecular weight is 589 g/mol. The third-order valence-electron chi connectivity index (χ3n) is 8.74. The molecule has 8 heteroatoms. The number of likely N-dealkylation sites (tertiary alicyclic amines) is 1. The number of ether oxygens (including phenoxy) is 4. The number of amides is 1. The van der Waals surface area contributed by atoms with E-state index in [0.717, 1.165) is 40.4 Å². The zero-order chi connectivity index (χ0) is 30.7. The van der Waals surface area contributed by atoms with Crippen LogP contribution in [0.4, 0.5) is 0 Å². The molecule has 230 valence electrons. The van der Waals surface area contributed by atoms with Crippen LogP contribution in [0.3, 0.4) is 0 Å². The Morgan fingerprint density at radius 2 is 1.81 bits per heavy atom. The molecule has 3 heterocycles. The van der Waals surface area contributed by atoms with Crippen molar-refractivity contribution < 1.29 is 28.5 Å². The topological polar surface area (TPSA) is 87.2 Å². The second-order valence-electron chi connectivity index (χ2n) is 12.6. The van der Waals surface area contributed by atoms with Crippen molar-refractivity contribution in [3.8, 4) is 5.88 Å². The highest BCUT2D eigenvalue weighted by Gasteiger charge is 2.60. The largest absolute Gasteiger partial charge is 0.481 e. The maximum Gasteiger partial charge on any atom is 0.329 e. The Kier molecular flexibility index (Phi) is 9.37. The zero-order valence-corrected chi connectivity index (χ0v) is 26.2. The van der Waals surface area contributed by atoms with E-state index in [9.17, 15) is 9.59 Å². The minimum atomic E-state index is -0.843. The minimum Gasteiger partial charge on any atom is -0.481 e. The first-order valence-corrected chi connectivity index (χ1v) is 15.4. The monoisotopic (exact) mass is 588 g/mol. The van der Waals surface area contributed by atoms with Gasteiger partial charge in [-0.05, 0) is 61.8 Å². The van der Waals surface area contributed by atoms with Crippen molar-refractivity contribution in [2.24, 2.45) is 11.3 Å². The molecule has 5 rings (SSSR count). The van der Waals surface area contributed by atoms with Crippen molar-refractivity contribution in [2.75, 3.05) is 20.3 Å². The molecule has 2 aromatic carbocycles. The van der Waals surface area contributed by atoms with Gasteiger partial charge in [0, 0.05) is 23.5 Å². The number of esters is 1. The molecule has 0 spiro atoms. The number of methoxy groups -OCH3 is 1. The van der Waals surface area contributed by atoms with Gasteiger partial charge in [-0.25, -0.2) is 9.78 Å². The fourth-order valence-electron chi connectivity index (χ4n) is 6.76. The molecule has 0 aliphatic carbocycles. The van der Waals surface area contributed by atoms with Crippen LogP contribution in [0.2, 0.25) is 0 Å². The fourth-order valence-corrected chi connectivity index (χ4v) is 6.76. The number of pyridine rings is 1. The summed E-state index contributed by atoms with van der Waals surface area (Å²) in [6.45, 7) is 11.1. The molecule has 1 amide bonds. The van der Waals surface area contributed by atoms with Crippen LogP contribution in [0, 0.1) is 18.3 Å². The van der Waals surface area contributed by atoms with E-state index < -0.39 is 35.7 Å². The van der Waals surface area contributed by atoms with Gasteiger partial charge in [-0.1, -0.05) is 63.2 Å². The lowest BCUT2D eigenvalue weighted by Gasteiger charge is -2.36. The molecule has 0 N–H and O–H groups in total. The minimum absolute atomic E-state index is 0.184. The summed E-state index contributed by atoms with van der Waals surface area (Å²) in [6, 6.07) is 16.6. The maximum absolute atomic E-state index is 14.5. The second kappa shape index (κ2) is 13.0. The van der Waals surface area contributed by atoms with Crippen molar-refractivity contribution in [3.05, 3.63) is 71.3 Å². The van der Waals surface area contributed by atoms with Crippen molar-refractivity contribution in [2.45, 2.75) is 84.8 Å². The predicted octanol–water partition coefficient (Wildman–Crippen LogP) is 6.18. The first-order valence-electron chi connectivity index (χ1n) is 15.4. The van der Waals surface area contributed by atoms with Gasteiger partial charge < -0.3 is 23.8 Å². The van der Waals surface area contributed by atoms with E-state index in [2.05, 4.69) is 20.8 Å². The second-order valence-corrected chi connectivity index (χ2v) is 12.6. The van der Waals surface area contributed by atoms with Crippen LogP contribution in [0.1, 0.15) is 69.7 Å². The number of hydrogen-bond donors (Lipinski definition) is 0. The smallest absolute Gasteiger partial charge is 0.329 e. The van der Waals surface area contributed by atoms with E-state index in [-0.39, 0.29) is 25.0 Å². The molecule has 8 nitrogen and oxygen atoms in total. The van der Waals surface area contributed by atoms with Crippen molar-refractivity contribution in [1.82, 2.24) is 9.88 Å². The SMILES string of the molecule is CCOC(=O)[C@@H]1[C@@H](C(C)(C)C)[C@H](OCc2cc3ccccc3nc2OC)[C@H](c2ccccc2C)N1C(=O)[C@@H]1CCCCO1. The Bertz CT molecular complexity index is 1440. The normalized spacial score (nSPS) is 24.2. The van der Waals surface area contributed by atoms with Crippen LogP contribution >= 0.6 is 0 Å².